The Morgan fingerprint density at radius 3 is 2.34 bits per heavy atom. The molecule has 5 amide bonds. The Morgan fingerprint density at radius 2 is 1.66 bits per heavy atom. The topological polar surface area (TPSA) is 149 Å². The minimum Gasteiger partial charge on any atom is -0.489 e. The molecule has 0 bridgehead atoms. The van der Waals surface area contributed by atoms with Crippen molar-refractivity contribution >= 4 is 46.8 Å². The van der Waals surface area contributed by atoms with Gasteiger partial charge in [-0.1, -0.05) is 51.1 Å². The fourth-order valence-electron chi connectivity index (χ4n) is 9.93. The van der Waals surface area contributed by atoms with Gasteiger partial charge in [0.05, 0.1) is 21.7 Å². The van der Waals surface area contributed by atoms with Gasteiger partial charge in [-0.25, -0.2) is 0 Å². The van der Waals surface area contributed by atoms with Gasteiger partial charge in [0.1, 0.15) is 24.0 Å². The smallest absolute Gasteiger partial charge is 0.262 e. The van der Waals surface area contributed by atoms with Crippen LogP contribution >= 0.6 is 11.6 Å². The van der Waals surface area contributed by atoms with Crippen molar-refractivity contribution < 1.29 is 28.7 Å². The van der Waals surface area contributed by atoms with Crippen LogP contribution in [0.2, 0.25) is 5.02 Å². The number of nitriles is 1. The van der Waals surface area contributed by atoms with Crippen LogP contribution in [-0.4, -0.2) is 65.7 Å². The predicted octanol–water partition coefficient (Wildman–Crippen LogP) is 5.88. The van der Waals surface area contributed by atoms with Crippen molar-refractivity contribution in [3.63, 3.8) is 0 Å². The Balaban J connectivity index is 0.841. The Hall–Kier alpha value is -5.65. The van der Waals surface area contributed by atoms with E-state index in [2.05, 4.69) is 61.1 Å². The van der Waals surface area contributed by atoms with E-state index in [1.807, 2.05) is 18.2 Å². The third-order valence-electron chi connectivity index (χ3n) is 12.6. The van der Waals surface area contributed by atoms with E-state index in [0.717, 1.165) is 48.5 Å². The molecule has 8 rings (SSSR count). The summed E-state index contributed by atoms with van der Waals surface area (Å²) in [5, 5.41) is 15.0. The number of rotatable bonds is 6. The van der Waals surface area contributed by atoms with Gasteiger partial charge in [0.2, 0.25) is 11.8 Å². The van der Waals surface area contributed by atoms with Crippen molar-refractivity contribution in [1.29, 1.82) is 5.26 Å². The number of hydrogen-bond donors (Lipinski definition) is 2. The van der Waals surface area contributed by atoms with Crippen LogP contribution in [0.5, 0.6) is 5.75 Å². The second-order valence-electron chi connectivity index (χ2n) is 17.1. The van der Waals surface area contributed by atoms with Crippen LogP contribution in [0.15, 0.2) is 60.7 Å². The number of hydrogen-bond acceptors (Lipinski definition) is 8. The number of anilines is 1. The maximum atomic E-state index is 13.4. The normalized spacial score (nSPS) is 24.3. The fraction of sp³-hybridized carbons (Fsp3) is 0.409. The van der Waals surface area contributed by atoms with Crippen molar-refractivity contribution in [2.24, 2.45) is 22.2 Å². The van der Waals surface area contributed by atoms with Crippen LogP contribution in [0.4, 0.5) is 5.69 Å². The number of nitrogens with zero attached hydrogens (tertiary/aromatic N) is 3. The van der Waals surface area contributed by atoms with Gasteiger partial charge in [-0.05, 0) is 85.7 Å². The van der Waals surface area contributed by atoms with E-state index in [0.29, 0.717) is 27.5 Å². The molecule has 2 aliphatic carbocycles. The number of ether oxygens (including phenoxy) is 1. The van der Waals surface area contributed by atoms with Crippen molar-refractivity contribution in [3.8, 4) is 23.7 Å². The Kier molecular flexibility index (Phi) is 9.01. The molecule has 4 fully saturated rings. The van der Waals surface area contributed by atoms with Gasteiger partial charge in [-0.2, -0.15) is 5.26 Å². The molecule has 3 heterocycles. The number of piperidine rings is 1. The number of benzene rings is 3. The standard InChI is InChI=1S/C44H42ClN5O6/c1-42(2)40(43(3,4)41(42)56-30-13-11-28(23-46)33(45)20-30)48-36(52)27-9-7-25(8-10-27)5-6-26-21-44(22-26)17-18-49(24-44)29-12-14-31-32(19-29)39(55)50(38(31)54)34-15-16-35(51)47-37(34)53/h7-14,19-20,26,34,40-41H,15-18,21-22,24H2,1-4H3,(H,48,52)(H,47,51,53)/t26?,34?,40-,41-,44?. The average Bonchev–Trinajstić information content (AvgIpc) is 3.70. The molecule has 1 atom stereocenters. The maximum absolute atomic E-state index is 13.4. The van der Waals surface area contributed by atoms with Crippen LogP contribution in [-0.2, 0) is 9.59 Å². The zero-order valence-electron chi connectivity index (χ0n) is 31.7. The number of halogens is 1. The quantitative estimate of drug-likeness (QED) is 0.233. The van der Waals surface area contributed by atoms with E-state index in [9.17, 15) is 29.2 Å². The summed E-state index contributed by atoms with van der Waals surface area (Å²) in [7, 11) is 0. The Labute approximate surface area is 330 Å². The molecule has 3 aliphatic heterocycles. The predicted molar refractivity (Wildman–Crippen MR) is 208 cm³/mol. The molecule has 0 aromatic heterocycles. The molecule has 5 aliphatic rings. The van der Waals surface area contributed by atoms with Crippen LogP contribution in [0.25, 0.3) is 0 Å². The first kappa shape index (κ1) is 37.3. The molecule has 11 nitrogen and oxygen atoms in total. The molecule has 2 saturated carbocycles. The minimum absolute atomic E-state index is 0.0818. The number of fused-ring (bicyclic) bond motifs is 1. The number of amides is 5. The van der Waals surface area contributed by atoms with E-state index in [4.69, 9.17) is 16.3 Å². The van der Waals surface area contributed by atoms with Gasteiger partial charge >= 0.3 is 0 Å². The molecule has 2 saturated heterocycles. The highest BCUT2D eigenvalue weighted by Crippen LogP contribution is 2.56. The second kappa shape index (κ2) is 13.5. The van der Waals surface area contributed by atoms with Crippen LogP contribution < -0.4 is 20.3 Å². The maximum Gasteiger partial charge on any atom is 0.262 e. The Morgan fingerprint density at radius 1 is 0.946 bits per heavy atom. The first-order chi connectivity index (χ1) is 26.6. The van der Waals surface area contributed by atoms with Crippen molar-refractivity contribution in [3.05, 3.63) is 93.5 Å². The van der Waals surface area contributed by atoms with Gasteiger partial charge in [0, 0.05) is 65.2 Å². The summed E-state index contributed by atoms with van der Waals surface area (Å²) in [6.45, 7) is 9.95. The summed E-state index contributed by atoms with van der Waals surface area (Å²) in [4.78, 5) is 67.2. The lowest BCUT2D eigenvalue weighted by Gasteiger charge is -2.63. The minimum atomic E-state index is -0.986. The Bertz CT molecular complexity index is 2300. The lowest BCUT2D eigenvalue weighted by molar-refractivity contribution is -0.164. The summed E-state index contributed by atoms with van der Waals surface area (Å²) in [6.07, 6.45) is 2.96. The molecule has 0 radical (unpaired) electrons. The van der Waals surface area contributed by atoms with Gasteiger partial charge in [-0.3, -0.25) is 34.2 Å². The summed E-state index contributed by atoms with van der Waals surface area (Å²) in [6, 6.07) is 18.6. The monoisotopic (exact) mass is 771 g/mol. The molecule has 12 heteroatoms. The molecule has 56 heavy (non-hydrogen) atoms. The highest BCUT2D eigenvalue weighted by Gasteiger charge is 2.64. The van der Waals surface area contributed by atoms with Crippen LogP contribution in [0.1, 0.15) is 102 Å². The van der Waals surface area contributed by atoms with E-state index < -0.39 is 29.7 Å². The lowest BCUT2D eigenvalue weighted by Crippen LogP contribution is -2.74. The van der Waals surface area contributed by atoms with E-state index in [-0.39, 0.29) is 58.6 Å². The SMILES string of the molecule is CC1(C)[C@H](NC(=O)c2ccc(C#CC3CC4(CCN(c5ccc6c(c5)C(=O)N(C5CCC(=O)NC5=O)C6=O)C4)C3)cc2)C(C)(C)[C@H]1Oc1ccc(C#N)c(Cl)c1. The van der Waals surface area contributed by atoms with Crippen LogP contribution in [0.3, 0.4) is 0 Å². The number of nitrogens with one attached hydrogen (secondary N) is 2. The molecular formula is C44H42ClN5O6. The molecular weight excluding hydrogens is 730 g/mol. The average molecular weight is 772 g/mol. The van der Waals surface area contributed by atoms with Crippen molar-refractivity contribution in [2.45, 2.75) is 78.0 Å². The third kappa shape index (κ3) is 6.28. The van der Waals surface area contributed by atoms with Gasteiger partial charge in [-0.15, -0.1) is 0 Å². The number of carbonyl (C=O) groups is 5. The number of carbonyl (C=O) groups excluding carboxylic acids is 5. The van der Waals surface area contributed by atoms with Crippen LogP contribution in [0, 0.1) is 45.3 Å². The highest BCUT2D eigenvalue weighted by atomic mass is 35.5. The van der Waals surface area contributed by atoms with E-state index in [1.54, 1.807) is 42.5 Å². The first-order valence-electron chi connectivity index (χ1n) is 19.0. The molecule has 1 spiro atoms. The molecule has 3 aromatic rings. The highest BCUT2D eigenvalue weighted by molar-refractivity contribution is 6.31. The molecule has 3 aromatic carbocycles. The van der Waals surface area contributed by atoms with Crippen molar-refractivity contribution in [2.75, 3.05) is 18.0 Å². The fourth-order valence-corrected chi connectivity index (χ4v) is 10.1. The zero-order chi connectivity index (χ0) is 39.7. The summed E-state index contributed by atoms with van der Waals surface area (Å²) in [5.41, 5.74) is 2.63. The van der Waals surface area contributed by atoms with Gasteiger partial charge < -0.3 is 15.0 Å². The molecule has 286 valence electrons. The van der Waals surface area contributed by atoms with Gasteiger partial charge in [0.15, 0.2) is 0 Å². The largest absolute Gasteiger partial charge is 0.489 e. The first-order valence-corrected chi connectivity index (χ1v) is 19.4. The molecule has 1 unspecified atom stereocenters. The zero-order valence-corrected chi connectivity index (χ0v) is 32.5. The lowest BCUT2D eigenvalue weighted by atomic mass is 9.49. The number of imide groups is 2. The third-order valence-corrected chi connectivity index (χ3v) is 12.9. The van der Waals surface area contributed by atoms with Gasteiger partial charge in [0.25, 0.3) is 17.7 Å². The summed E-state index contributed by atoms with van der Waals surface area (Å²) < 4.78 is 6.35. The second-order valence-corrected chi connectivity index (χ2v) is 17.5. The van der Waals surface area contributed by atoms with E-state index in [1.165, 1.54) is 0 Å². The van der Waals surface area contributed by atoms with E-state index >= 15 is 0 Å². The molecule has 2 N–H and O–H groups in total. The summed E-state index contributed by atoms with van der Waals surface area (Å²) in [5.74, 6) is 5.41. The summed E-state index contributed by atoms with van der Waals surface area (Å²) >= 11 is 6.23. The van der Waals surface area contributed by atoms with Crippen molar-refractivity contribution in [1.82, 2.24) is 15.5 Å².